The molecule has 0 saturated carbocycles. The van der Waals surface area contributed by atoms with Gasteiger partial charge in [0.25, 0.3) is 0 Å². The number of hydrogen-bond donors (Lipinski definition) is 0. The van der Waals surface area contributed by atoms with Crippen LogP contribution in [0.1, 0.15) is 31.7 Å². The van der Waals surface area contributed by atoms with Crippen molar-refractivity contribution >= 4 is 28.6 Å². The summed E-state index contributed by atoms with van der Waals surface area (Å²) >= 11 is 2.27. The van der Waals surface area contributed by atoms with Crippen LogP contribution in [0.15, 0.2) is 39.5 Å². The van der Waals surface area contributed by atoms with Gasteiger partial charge in [-0.1, -0.05) is 43.7 Å². The summed E-state index contributed by atoms with van der Waals surface area (Å²) in [6.07, 6.45) is 3.85. The molecule has 0 aromatic heterocycles. The second-order valence-electron chi connectivity index (χ2n) is 4.53. The van der Waals surface area contributed by atoms with Gasteiger partial charge in [0, 0.05) is 10.0 Å². The number of esters is 1. The van der Waals surface area contributed by atoms with Crippen LogP contribution in [0.4, 0.5) is 0 Å². The monoisotopic (exact) mass is 356 g/mol. The fourth-order valence-corrected chi connectivity index (χ4v) is 2.93. The lowest BCUT2D eigenvalue weighted by atomic mass is 10.0. The summed E-state index contributed by atoms with van der Waals surface area (Å²) in [7, 11) is 0. The van der Waals surface area contributed by atoms with Gasteiger partial charge in [-0.25, -0.2) is 4.79 Å². The standard InChI is InChI=1S/C15H17IO2/c1-2-3-9-13-14(16)12(15(17)18-13)10-11-7-5-4-6-8-11/h4-8,13H,2-3,9-10H2,1H3. The van der Waals surface area contributed by atoms with Crippen LogP contribution in [0.2, 0.25) is 0 Å². The summed E-state index contributed by atoms with van der Waals surface area (Å²) in [5.41, 5.74) is 2.00. The number of unbranched alkanes of at least 4 members (excludes halogenated alkanes) is 1. The Labute approximate surface area is 122 Å². The number of halogens is 1. The molecule has 0 aliphatic carbocycles. The lowest BCUT2D eigenvalue weighted by Gasteiger charge is -2.08. The Morgan fingerprint density at radius 1 is 1.28 bits per heavy atom. The molecule has 0 bridgehead atoms. The predicted octanol–water partition coefficient (Wildman–Crippen LogP) is 4.03. The van der Waals surface area contributed by atoms with E-state index in [-0.39, 0.29) is 12.1 Å². The fraction of sp³-hybridized carbons (Fsp3) is 0.400. The molecule has 1 atom stereocenters. The number of rotatable bonds is 5. The normalized spacial score (nSPS) is 19.2. The molecule has 18 heavy (non-hydrogen) atoms. The number of cyclic esters (lactones) is 1. The maximum atomic E-state index is 11.9. The van der Waals surface area contributed by atoms with Crippen LogP contribution in [-0.4, -0.2) is 12.1 Å². The van der Waals surface area contributed by atoms with Crippen molar-refractivity contribution in [1.82, 2.24) is 0 Å². The van der Waals surface area contributed by atoms with Crippen LogP contribution in [-0.2, 0) is 16.0 Å². The van der Waals surface area contributed by atoms with E-state index in [1.807, 2.05) is 30.3 Å². The Balaban J connectivity index is 2.10. The van der Waals surface area contributed by atoms with E-state index in [1.54, 1.807) is 0 Å². The van der Waals surface area contributed by atoms with E-state index >= 15 is 0 Å². The van der Waals surface area contributed by atoms with E-state index in [0.29, 0.717) is 6.42 Å². The first-order chi connectivity index (χ1) is 8.72. The number of benzene rings is 1. The van der Waals surface area contributed by atoms with Gasteiger partial charge in [-0.15, -0.1) is 0 Å². The molecule has 0 radical (unpaired) electrons. The van der Waals surface area contributed by atoms with Crippen molar-refractivity contribution in [2.45, 2.75) is 38.7 Å². The molecule has 0 N–H and O–H groups in total. The molecule has 1 heterocycles. The number of hydrogen-bond acceptors (Lipinski definition) is 2. The molecular weight excluding hydrogens is 339 g/mol. The minimum atomic E-state index is -0.135. The van der Waals surface area contributed by atoms with Crippen LogP contribution in [0.3, 0.4) is 0 Å². The molecule has 2 nitrogen and oxygen atoms in total. The van der Waals surface area contributed by atoms with E-state index in [0.717, 1.165) is 34.0 Å². The zero-order valence-electron chi connectivity index (χ0n) is 10.5. The highest BCUT2D eigenvalue weighted by atomic mass is 127. The third kappa shape index (κ3) is 3.13. The molecule has 0 amide bonds. The molecule has 3 heteroatoms. The Kier molecular flexibility index (Phi) is 4.80. The molecule has 1 aliphatic heterocycles. The minimum Gasteiger partial charge on any atom is -0.454 e. The molecule has 1 aliphatic rings. The Hall–Kier alpha value is -0.840. The third-order valence-corrected chi connectivity index (χ3v) is 4.46. The molecule has 0 spiro atoms. The van der Waals surface area contributed by atoms with Crippen molar-refractivity contribution < 1.29 is 9.53 Å². The molecule has 0 fully saturated rings. The topological polar surface area (TPSA) is 26.3 Å². The molecule has 1 aromatic carbocycles. The zero-order valence-corrected chi connectivity index (χ0v) is 12.6. The van der Waals surface area contributed by atoms with Crippen molar-refractivity contribution in [3.05, 3.63) is 45.0 Å². The lowest BCUT2D eigenvalue weighted by molar-refractivity contribution is -0.139. The van der Waals surface area contributed by atoms with Crippen LogP contribution in [0.25, 0.3) is 0 Å². The van der Waals surface area contributed by atoms with Gasteiger partial charge in [0.1, 0.15) is 6.10 Å². The second-order valence-corrected chi connectivity index (χ2v) is 5.69. The molecule has 1 unspecified atom stereocenters. The maximum absolute atomic E-state index is 11.9. The van der Waals surface area contributed by atoms with Crippen molar-refractivity contribution in [3.8, 4) is 0 Å². The summed E-state index contributed by atoms with van der Waals surface area (Å²) in [5.74, 6) is -0.135. The average molecular weight is 356 g/mol. The summed E-state index contributed by atoms with van der Waals surface area (Å²) in [6, 6.07) is 10.1. The molecular formula is C15H17IO2. The van der Waals surface area contributed by atoms with Crippen molar-refractivity contribution in [3.63, 3.8) is 0 Å². The van der Waals surface area contributed by atoms with Crippen molar-refractivity contribution in [2.24, 2.45) is 0 Å². The van der Waals surface area contributed by atoms with Crippen molar-refractivity contribution in [2.75, 3.05) is 0 Å². The molecule has 96 valence electrons. The van der Waals surface area contributed by atoms with E-state index in [9.17, 15) is 4.79 Å². The van der Waals surface area contributed by atoms with E-state index < -0.39 is 0 Å². The first-order valence-electron chi connectivity index (χ1n) is 6.35. The van der Waals surface area contributed by atoms with Gasteiger partial charge in [0.05, 0.1) is 5.57 Å². The molecule has 1 aromatic rings. The summed E-state index contributed by atoms with van der Waals surface area (Å²) < 4.78 is 6.53. The average Bonchev–Trinajstić information content (AvgIpc) is 2.65. The van der Waals surface area contributed by atoms with E-state index in [4.69, 9.17) is 4.74 Å². The van der Waals surface area contributed by atoms with E-state index in [1.165, 1.54) is 0 Å². The number of carbonyl (C=O) groups excluding carboxylic acids is 1. The Morgan fingerprint density at radius 2 is 2.00 bits per heavy atom. The van der Waals surface area contributed by atoms with Gasteiger partial charge in [-0.3, -0.25) is 0 Å². The fourth-order valence-electron chi connectivity index (χ4n) is 2.08. The molecule has 0 saturated heterocycles. The third-order valence-electron chi connectivity index (χ3n) is 3.11. The van der Waals surface area contributed by atoms with Crippen molar-refractivity contribution in [1.29, 1.82) is 0 Å². The van der Waals surface area contributed by atoms with Gasteiger partial charge >= 0.3 is 5.97 Å². The maximum Gasteiger partial charge on any atom is 0.335 e. The SMILES string of the molecule is CCCCC1OC(=O)C(Cc2ccccc2)=C1I. The minimum absolute atomic E-state index is 0.00300. The predicted molar refractivity (Wildman–Crippen MR) is 80.6 cm³/mol. The van der Waals surface area contributed by atoms with Crippen LogP contribution < -0.4 is 0 Å². The summed E-state index contributed by atoms with van der Waals surface area (Å²) in [4.78, 5) is 11.9. The highest BCUT2D eigenvalue weighted by Gasteiger charge is 2.31. The van der Waals surface area contributed by atoms with Gasteiger partial charge in [-0.2, -0.15) is 0 Å². The van der Waals surface area contributed by atoms with E-state index in [2.05, 4.69) is 29.5 Å². The van der Waals surface area contributed by atoms with Crippen LogP contribution in [0.5, 0.6) is 0 Å². The van der Waals surface area contributed by atoms with Crippen LogP contribution >= 0.6 is 22.6 Å². The largest absolute Gasteiger partial charge is 0.454 e. The molecule has 2 rings (SSSR count). The van der Waals surface area contributed by atoms with Crippen LogP contribution in [0, 0.1) is 0 Å². The first-order valence-corrected chi connectivity index (χ1v) is 7.43. The number of ether oxygens (including phenoxy) is 1. The second kappa shape index (κ2) is 6.36. The summed E-state index contributed by atoms with van der Waals surface area (Å²) in [5, 5.41) is 0. The Bertz CT molecular complexity index is 451. The summed E-state index contributed by atoms with van der Waals surface area (Å²) in [6.45, 7) is 2.15. The lowest BCUT2D eigenvalue weighted by Crippen LogP contribution is -2.09. The van der Waals surface area contributed by atoms with Gasteiger partial charge in [0.2, 0.25) is 0 Å². The van der Waals surface area contributed by atoms with Gasteiger partial charge < -0.3 is 4.74 Å². The highest BCUT2D eigenvalue weighted by Crippen LogP contribution is 2.33. The zero-order chi connectivity index (χ0) is 13.0. The Morgan fingerprint density at radius 3 is 2.67 bits per heavy atom. The van der Waals surface area contributed by atoms with Gasteiger partial charge in [0.15, 0.2) is 0 Å². The van der Waals surface area contributed by atoms with Gasteiger partial charge in [-0.05, 0) is 41.0 Å². The number of carbonyl (C=O) groups is 1. The first kappa shape index (κ1) is 13.6. The quantitative estimate of drug-likeness (QED) is 0.588. The smallest absolute Gasteiger partial charge is 0.335 e. The highest BCUT2D eigenvalue weighted by molar-refractivity contribution is 14.1.